The van der Waals surface area contributed by atoms with Crippen LogP contribution in [0.4, 0.5) is 4.79 Å². The highest BCUT2D eigenvalue weighted by molar-refractivity contribution is 7.99. The lowest BCUT2D eigenvalue weighted by molar-refractivity contribution is -0.124. The van der Waals surface area contributed by atoms with Crippen molar-refractivity contribution in [3.63, 3.8) is 0 Å². The van der Waals surface area contributed by atoms with Crippen molar-refractivity contribution < 1.29 is 9.59 Å². The highest BCUT2D eigenvalue weighted by atomic mass is 35.5. The molecule has 1 aliphatic rings. The van der Waals surface area contributed by atoms with Gasteiger partial charge in [-0.25, -0.2) is 4.79 Å². The molecule has 2 heterocycles. The second kappa shape index (κ2) is 9.52. The zero-order valence-corrected chi connectivity index (χ0v) is 19.8. The van der Waals surface area contributed by atoms with Gasteiger partial charge in [-0.2, -0.15) is 0 Å². The Kier molecular flexibility index (Phi) is 6.74. The van der Waals surface area contributed by atoms with Crippen LogP contribution in [-0.2, 0) is 4.79 Å². The normalized spacial score (nSPS) is 13.7. The van der Waals surface area contributed by atoms with Crippen LogP contribution in [-0.4, -0.2) is 50.4 Å². The first-order valence-electron chi connectivity index (χ1n) is 10.1. The van der Waals surface area contributed by atoms with Crippen LogP contribution in [0.3, 0.4) is 0 Å². The largest absolute Gasteiger partial charge is 0.336 e. The number of nitrogens with one attached hydrogen (secondary N) is 1. The third-order valence-corrected chi connectivity index (χ3v) is 6.55. The van der Waals surface area contributed by atoms with E-state index in [1.54, 1.807) is 18.2 Å². The number of para-hydroxylation sites is 1. The van der Waals surface area contributed by atoms with E-state index in [-0.39, 0.29) is 23.6 Å². The minimum absolute atomic E-state index is 0.0593. The second-order valence-electron chi connectivity index (χ2n) is 7.55. The van der Waals surface area contributed by atoms with Gasteiger partial charge < -0.3 is 5.32 Å². The summed E-state index contributed by atoms with van der Waals surface area (Å²) < 4.78 is 1.91. The third-order valence-electron chi connectivity index (χ3n) is 5.09. The predicted molar refractivity (Wildman–Crippen MR) is 127 cm³/mol. The van der Waals surface area contributed by atoms with E-state index in [0.717, 1.165) is 11.3 Å². The molecular formula is C22H21Cl2N5O2S. The monoisotopic (exact) mass is 489 g/mol. The number of halogens is 2. The summed E-state index contributed by atoms with van der Waals surface area (Å²) in [6.07, 6.45) is 0. The van der Waals surface area contributed by atoms with Crippen molar-refractivity contribution in [2.45, 2.75) is 24.9 Å². The van der Waals surface area contributed by atoms with Crippen LogP contribution in [0, 0.1) is 0 Å². The minimum atomic E-state index is -0.365. The molecule has 1 saturated heterocycles. The molecule has 0 bridgehead atoms. The van der Waals surface area contributed by atoms with Crippen molar-refractivity contribution in [1.82, 2.24) is 25.0 Å². The molecule has 32 heavy (non-hydrogen) atoms. The van der Waals surface area contributed by atoms with E-state index >= 15 is 0 Å². The fraction of sp³-hybridized carbons (Fsp3) is 0.273. The van der Waals surface area contributed by atoms with Gasteiger partial charge in [0.2, 0.25) is 5.91 Å². The van der Waals surface area contributed by atoms with E-state index in [9.17, 15) is 9.59 Å². The molecule has 3 amide bonds. The first kappa shape index (κ1) is 22.6. The fourth-order valence-electron chi connectivity index (χ4n) is 3.52. The Bertz CT molecular complexity index is 1180. The van der Waals surface area contributed by atoms with Gasteiger partial charge in [-0.3, -0.25) is 14.3 Å². The highest BCUT2D eigenvalue weighted by Gasteiger charge is 2.27. The summed E-state index contributed by atoms with van der Waals surface area (Å²) in [4.78, 5) is 25.6. The van der Waals surface area contributed by atoms with Crippen LogP contribution in [0.5, 0.6) is 0 Å². The quantitative estimate of drug-likeness (QED) is 0.492. The molecule has 0 spiro atoms. The molecule has 7 nitrogen and oxygen atoms in total. The first-order valence-corrected chi connectivity index (χ1v) is 11.8. The molecule has 1 fully saturated rings. The SMILES string of the molecule is CC(C)c1ccccc1-n1c(SCC(=O)N2CCNC2=O)nnc1-c1ccc(Cl)cc1Cl. The van der Waals surface area contributed by atoms with Gasteiger partial charge in [0.15, 0.2) is 11.0 Å². The van der Waals surface area contributed by atoms with E-state index in [4.69, 9.17) is 23.2 Å². The van der Waals surface area contributed by atoms with E-state index in [1.165, 1.54) is 16.7 Å². The average Bonchev–Trinajstić information content (AvgIpc) is 3.38. The predicted octanol–water partition coefficient (Wildman–Crippen LogP) is 5.01. The molecule has 4 rings (SSSR count). The molecule has 0 radical (unpaired) electrons. The maximum atomic E-state index is 12.6. The maximum Gasteiger partial charge on any atom is 0.324 e. The van der Waals surface area contributed by atoms with Crippen LogP contribution in [0.1, 0.15) is 25.3 Å². The molecule has 10 heteroatoms. The summed E-state index contributed by atoms with van der Waals surface area (Å²) in [5.41, 5.74) is 2.69. The summed E-state index contributed by atoms with van der Waals surface area (Å²) in [6, 6.07) is 12.8. The standard InChI is InChI=1S/C22H21Cl2N5O2S/c1-13(2)15-5-3-4-6-18(15)29-20(16-8-7-14(23)11-17(16)24)26-27-22(29)32-12-19(30)28-10-9-25-21(28)31/h3-8,11,13H,9-10,12H2,1-2H3,(H,25,31). The maximum absolute atomic E-state index is 12.6. The van der Waals surface area contributed by atoms with Gasteiger partial charge in [-0.05, 0) is 35.7 Å². The summed E-state index contributed by atoms with van der Waals surface area (Å²) in [6.45, 7) is 5.06. The number of nitrogens with zero attached hydrogens (tertiary/aromatic N) is 4. The van der Waals surface area contributed by atoms with E-state index in [2.05, 4.69) is 35.4 Å². The van der Waals surface area contributed by atoms with E-state index < -0.39 is 0 Å². The molecule has 1 N–H and O–H groups in total. The van der Waals surface area contributed by atoms with Crippen LogP contribution >= 0.6 is 35.0 Å². The van der Waals surface area contributed by atoms with Gasteiger partial charge in [0.05, 0.1) is 16.5 Å². The smallest absolute Gasteiger partial charge is 0.324 e. The molecule has 0 aliphatic carbocycles. The Morgan fingerprint density at radius 2 is 1.97 bits per heavy atom. The van der Waals surface area contributed by atoms with Crippen molar-refractivity contribution >= 4 is 46.9 Å². The number of carbonyl (C=O) groups is 2. The topological polar surface area (TPSA) is 80.1 Å². The van der Waals surface area contributed by atoms with Crippen molar-refractivity contribution in [3.8, 4) is 17.1 Å². The van der Waals surface area contributed by atoms with Crippen molar-refractivity contribution in [3.05, 3.63) is 58.1 Å². The lowest BCUT2D eigenvalue weighted by Gasteiger charge is -2.17. The van der Waals surface area contributed by atoms with Gasteiger partial charge in [0, 0.05) is 23.7 Å². The number of rotatable bonds is 6. The van der Waals surface area contributed by atoms with Crippen molar-refractivity contribution in [2.24, 2.45) is 0 Å². The number of hydrogen-bond acceptors (Lipinski definition) is 5. The van der Waals surface area contributed by atoms with Gasteiger partial charge in [0.1, 0.15) is 0 Å². The Labute approximate surface area is 200 Å². The molecule has 0 atom stereocenters. The molecule has 166 valence electrons. The number of amides is 3. The second-order valence-corrected chi connectivity index (χ2v) is 9.33. The Morgan fingerprint density at radius 3 is 2.66 bits per heavy atom. The molecule has 1 aliphatic heterocycles. The van der Waals surface area contributed by atoms with Gasteiger partial charge in [0.25, 0.3) is 0 Å². The summed E-state index contributed by atoms with van der Waals surface area (Å²) in [7, 11) is 0. The van der Waals surface area contributed by atoms with E-state index in [0.29, 0.717) is 39.7 Å². The number of aromatic nitrogens is 3. The number of thioether (sulfide) groups is 1. The molecule has 0 saturated carbocycles. The number of carbonyl (C=O) groups excluding carboxylic acids is 2. The Balaban J connectivity index is 1.77. The van der Waals surface area contributed by atoms with Crippen LogP contribution in [0.25, 0.3) is 17.1 Å². The zero-order valence-electron chi connectivity index (χ0n) is 17.5. The van der Waals surface area contributed by atoms with Crippen LogP contribution in [0.2, 0.25) is 10.0 Å². The fourth-order valence-corrected chi connectivity index (χ4v) is 4.83. The van der Waals surface area contributed by atoms with Gasteiger partial charge in [-0.15, -0.1) is 10.2 Å². The molecular weight excluding hydrogens is 469 g/mol. The summed E-state index contributed by atoms with van der Waals surface area (Å²) >= 11 is 13.8. The molecule has 2 aromatic carbocycles. The summed E-state index contributed by atoms with van der Waals surface area (Å²) in [5, 5.41) is 12.9. The Morgan fingerprint density at radius 1 is 1.19 bits per heavy atom. The lowest BCUT2D eigenvalue weighted by Crippen LogP contribution is -2.35. The molecule has 0 unspecified atom stereocenters. The van der Waals surface area contributed by atoms with Gasteiger partial charge in [-0.1, -0.05) is 67.0 Å². The minimum Gasteiger partial charge on any atom is -0.336 e. The third kappa shape index (κ3) is 4.48. The lowest BCUT2D eigenvalue weighted by atomic mass is 10.0. The number of benzene rings is 2. The molecule has 1 aromatic heterocycles. The van der Waals surface area contributed by atoms with Crippen molar-refractivity contribution in [2.75, 3.05) is 18.8 Å². The van der Waals surface area contributed by atoms with Crippen LogP contribution in [0.15, 0.2) is 47.6 Å². The number of imide groups is 1. The average molecular weight is 490 g/mol. The Hall–Kier alpha value is -2.55. The van der Waals surface area contributed by atoms with Crippen molar-refractivity contribution in [1.29, 1.82) is 0 Å². The number of hydrogen-bond donors (Lipinski definition) is 1. The molecule has 3 aromatic rings. The summed E-state index contributed by atoms with van der Waals surface area (Å²) in [5.74, 6) is 0.579. The van der Waals surface area contributed by atoms with Crippen LogP contribution < -0.4 is 5.32 Å². The highest BCUT2D eigenvalue weighted by Crippen LogP contribution is 2.35. The zero-order chi connectivity index (χ0) is 22.8. The first-order chi connectivity index (χ1) is 15.4. The van der Waals surface area contributed by atoms with E-state index in [1.807, 2.05) is 22.8 Å². The van der Waals surface area contributed by atoms with Gasteiger partial charge >= 0.3 is 6.03 Å². The number of urea groups is 1.